The van der Waals surface area contributed by atoms with Crippen LogP contribution in [0.25, 0.3) is 0 Å². The fourth-order valence-corrected chi connectivity index (χ4v) is 4.92. The molecule has 1 aliphatic carbocycles. The van der Waals surface area contributed by atoms with Crippen molar-refractivity contribution >= 4 is 17.9 Å². The number of nitrogens with two attached hydrogens (primary N) is 2. The van der Waals surface area contributed by atoms with E-state index in [1.807, 2.05) is 12.1 Å². The van der Waals surface area contributed by atoms with Crippen LogP contribution < -0.4 is 21.5 Å². The van der Waals surface area contributed by atoms with Gasteiger partial charge in [-0.15, -0.1) is 0 Å². The molecule has 0 aromatic heterocycles. The van der Waals surface area contributed by atoms with Crippen LogP contribution in [0, 0.1) is 5.92 Å². The van der Waals surface area contributed by atoms with Gasteiger partial charge in [-0.05, 0) is 24.0 Å². The van der Waals surface area contributed by atoms with Crippen molar-refractivity contribution in [3.63, 3.8) is 0 Å². The molecular formula is C24H37N5O5. The van der Waals surface area contributed by atoms with Crippen molar-refractivity contribution in [2.24, 2.45) is 17.4 Å². The number of carbonyl (C=O) groups excluding carboxylic acids is 2. The maximum Gasteiger partial charge on any atom is 0.407 e. The molecule has 188 valence electrons. The Balaban J connectivity index is 1.68. The molecule has 2 atom stereocenters. The average molecular weight is 476 g/mol. The summed E-state index contributed by atoms with van der Waals surface area (Å²) in [5, 5.41) is 12.3. The Hall–Kier alpha value is -2.85. The molecule has 1 aromatic carbocycles. The lowest BCUT2D eigenvalue weighted by Crippen LogP contribution is -2.63. The number of benzene rings is 1. The van der Waals surface area contributed by atoms with Crippen LogP contribution in [-0.2, 0) is 22.7 Å². The van der Waals surface area contributed by atoms with E-state index in [-0.39, 0.29) is 32.1 Å². The van der Waals surface area contributed by atoms with Crippen molar-refractivity contribution in [3.05, 3.63) is 29.3 Å². The molecule has 10 heteroatoms. The quantitative estimate of drug-likeness (QED) is 0.442. The van der Waals surface area contributed by atoms with Crippen LogP contribution in [0.5, 0.6) is 5.75 Å². The molecule has 6 N–H and O–H groups in total. The third kappa shape index (κ3) is 6.38. The summed E-state index contributed by atoms with van der Waals surface area (Å²) < 4.78 is 5.35. The summed E-state index contributed by atoms with van der Waals surface area (Å²) in [5.41, 5.74) is 13.7. The molecule has 0 spiro atoms. The molecule has 3 amide bonds. The van der Waals surface area contributed by atoms with Gasteiger partial charge >= 0.3 is 6.09 Å². The number of ether oxygens (including phenoxy) is 1. The Labute approximate surface area is 200 Å². The van der Waals surface area contributed by atoms with Gasteiger partial charge in [0.15, 0.2) is 0 Å². The van der Waals surface area contributed by atoms with Crippen molar-refractivity contribution in [3.8, 4) is 5.75 Å². The second-order valence-corrected chi connectivity index (χ2v) is 9.19. The average Bonchev–Trinajstić information content (AvgIpc) is 2.86. The predicted octanol–water partition coefficient (Wildman–Crippen LogP) is 1.26. The lowest BCUT2D eigenvalue weighted by Gasteiger charge is -2.40. The molecule has 2 fully saturated rings. The number of hydrogen-bond donors (Lipinski definition) is 4. The van der Waals surface area contributed by atoms with Gasteiger partial charge in [-0.2, -0.15) is 0 Å². The minimum atomic E-state index is -1.11. The van der Waals surface area contributed by atoms with E-state index in [0.717, 1.165) is 36.8 Å². The van der Waals surface area contributed by atoms with Crippen molar-refractivity contribution in [2.45, 2.75) is 63.7 Å². The highest BCUT2D eigenvalue weighted by Crippen LogP contribution is 2.27. The van der Waals surface area contributed by atoms with Crippen molar-refractivity contribution in [1.82, 2.24) is 15.1 Å². The monoisotopic (exact) mass is 475 g/mol. The highest BCUT2D eigenvalue weighted by atomic mass is 16.5. The first-order valence-corrected chi connectivity index (χ1v) is 12.0. The van der Waals surface area contributed by atoms with E-state index in [2.05, 4.69) is 5.32 Å². The van der Waals surface area contributed by atoms with E-state index in [1.165, 1.54) is 16.2 Å². The van der Waals surface area contributed by atoms with E-state index in [9.17, 15) is 19.5 Å². The lowest BCUT2D eigenvalue weighted by molar-refractivity contribution is -0.144. The van der Waals surface area contributed by atoms with Gasteiger partial charge < -0.3 is 36.4 Å². The third-order valence-electron chi connectivity index (χ3n) is 6.90. The molecule has 1 aliphatic heterocycles. The maximum atomic E-state index is 13.2. The third-order valence-corrected chi connectivity index (χ3v) is 6.90. The highest BCUT2D eigenvalue weighted by Gasteiger charge is 2.39. The molecule has 1 saturated carbocycles. The number of carbonyl (C=O) groups is 3. The molecule has 0 bridgehead atoms. The Bertz CT molecular complexity index is 873. The zero-order chi connectivity index (χ0) is 24.7. The number of piperazine rings is 1. The molecule has 0 unspecified atom stereocenters. The van der Waals surface area contributed by atoms with Gasteiger partial charge in [0.05, 0.1) is 19.7 Å². The Morgan fingerprint density at radius 1 is 1.21 bits per heavy atom. The van der Waals surface area contributed by atoms with Gasteiger partial charge in [-0.1, -0.05) is 44.2 Å². The first-order valence-electron chi connectivity index (χ1n) is 12.0. The second kappa shape index (κ2) is 12.0. The standard InChI is InChI=1S/C24H37N5O5/c1-34-21-12-17(7-8-18(21)13-25)14-27-22(30)20-15-28(24(32)33)9-10-29(20)23(31)19(26)11-16-5-3-2-4-6-16/h7-8,12,16,19-20H,2-6,9-11,13-15,25-26H2,1H3,(H,27,30)(H,32,33)/t19-,20+/m1/s1. The molecule has 1 saturated heterocycles. The molecule has 0 radical (unpaired) electrons. The molecule has 3 rings (SSSR count). The summed E-state index contributed by atoms with van der Waals surface area (Å²) in [4.78, 5) is 40.5. The number of carboxylic acid groups (broad SMARTS) is 1. The van der Waals surface area contributed by atoms with Crippen LogP contribution in [0.2, 0.25) is 0 Å². The van der Waals surface area contributed by atoms with Crippen LogP contribution in [-0.4, -0.2) is 71.6 Å². The van der Waals surface area contributed by atoms with Crippen molar-refractivity contribution < 1.29 is 24.2 Å². The number of amides is 3. The topological polar surface area (TPSA) is 151 Å². The number of rotatable bonds is 8. The summed E-state index contributed by atoms with van der Waals surface area (Å²) in [6.07, 6.45) is 5.17. The minimum absolute atomic E-state index is 0.0848. The van der Waals surface area contributed by atoms with E-state index in [1.54, 1.807) is 13.2 Å². The second-order valence-electron chi connectivity index (χ2n) is 9.19. The van der Waals surface area contributed by atoms with E-state index in [4.69, 9.17) is 16.2 Å². The van der Waals surface area contributed by atoms with Gasteiger partial charge in [0.2, 0.25) is 11.8 Å². The van der Waals surface area contributed by atoms with Crippen LogP contribution in [0.15, 0.2) is 18.2 Å². The number of nitrogens with zero attached hydrogens (tertiary/aromatic N) is 2. The van der Waals surface area contributed by atoms with Gasteiger partial charge in [-0.25, -0.2) is 4.79 Å². The molecule has 1 heterocycles. The molecule has 2 aliphatic rings. The number of nitrogens with one attached hydrogen (secondary N) is 1. The Morgan fingerprint density at radius 3 is 2.59 bits per heavy atom. The smallest absolute Gasteiger partial charge is 0.407 e. The summed E-state index contributed by atoms with van der Waals surface area (Å²) in [6.45, 7) is 0.749. The number of methoxy groups -OCH3 is 1. The summed E-state index contributed by atoms with van der Waals surface area (Å²) >= 11 is 0. The van der Waals surface area contributed by atoms with Crippen LogP contribution in [0.4, 0.5) is 4.79 Å². The van der Waals surface area contributed by atoms with E-state index < -0.39 is 24.1 Å². The largest absolute Gasteiger partial charge is 0.496 e. The first kappa shape index (κ1) is 25.8. The Morgan fingerprint density at radius 2 is 1.94 bits per heavy atom. The van der Waals surface area contributed by atoms with Crippen LogP contribution in [0.1, 0.15) is 49.7 Å². The Kier molecular flexibility index (Phi) is 9.12. The number of hydrogen-bond acceptors (Lipinski definition) is 6. The van der Waals surface area contributed by atoms with Gasteiger partial charge in [0, 0.05) is 31.7 Å². The zero-order valence-corrected chi connectivity index (χ0v) is 19.9. The van der Waals surface area contributed by atoms with Crippen LogP contribution >= 0.6 is 0 Å². The normalized spacial score (nSPS) is 20.0. The minimum Gasteiger partial charge on any atom is -0.496 e. The lowest BCUT2D eigenvalue weighted by atomic mass is 9.84. The zero-order valence-electron chi connectivity index (χ0n) is 19.9. The van der Waals surface area contributed by atoms with Gasteiger partial charge in [0.25, 0.3) is 0 Å². The van der Waals surface area contributed by atoms with Crippen molar-refractivity contribution in [1.29, 1.82) is 0 Å². The van der Waals surface area contributed by atoms with Crippen LogP contribution in [0.3, 0.4) is 0 Å². The molecule has 1 aromatic rings. The highest BCUT2D eigenvalue weighted by molar-refractivity contribution is 5.90. The van der Waals surface area contributed by atoms with Gasteiger partial charge in [-0.3, -0.25) is 9.59 Å². The van der Waals surface area contributed by atoms with E-state index >= 15 is 0 Å². The summed E-state index contributed by atoms with van der Waals surface area (Å²) in [5.74, 6) is 0.358. The summed E-state index contributed by atoms with van der Waals surface area (Å²) in [7, 11) is 1.55. The fourth-order valence-electron chi connectivity index (χ4n) is 4.92. The first-order chi connectivity index (χ1) is 16.3. The SMILES string of the molecule is COc1cc(CNC(=O)[C@@H]2CN(C(=O)O)CCN2C(=O)[C@H](N)CC2CCCCC2)ccc1CN. The maximum absolute atomic E-state index is 13.2. The molecule has 10 nitrogen and oxygen atoms in total. The predicted molar refractivity (Wildman–Crippen MR) is 127 cm³/mol. The molecular weight excluding hydrogens is 438 g/mol. The molecule has 34 heavy (non-hydrogen) atoms. The fraction of sp³-hybridized carbons (Fsp3) is 0.625. The van der Waals surface area contributed by atoms with Crippen molar-refractivity contribution in [2.75, 3.05) is 26.7 Å². The van der Waals surface area contributed by atoms with Gasteiger partial charge in [0.1, 0.15) is 11.8 Å². The summed E-state index contributed by atoms with van der Waals surface area (Å²) in [6, 6.07) is 3.87. The van der Waals surface area contributed by atoms with E-state index in [0.29, 0.717) is 24.6 Å².